The van der Waals surface area contributed by atoms with Crippen molar-refractivity contribution in [3.05, 3.63) is 53.6 Å². The third-order valence-corrected chi connectivity index (χ3v) is 8.03. The van der Waals surface area contributed by atoms with Gasteiger partial charge in [-0.15, -0.1) is 0 Å². The van der Waals surface area contributed by atoms with Gasteiger partial charge in [0.15, 0.2) is 23.8 Å². The van der Waals surface area contributed by atoms with Crippen molar-refractivity contribution in [3.8, 4) is 17.2 Å². The monoisotopic (exact) mass is 529 g/mol. The molecular formula is C26H35N5O5S. The van der Waals surface area contributed by atoms with Gasteiger partial charge < -0.3 is 19.1 Å². The summed E-state index contributed by atoms with van der Waals surface area (Å²) in [5, 5.41) is 0. The molecule has 2 aromatic rings. The maximum absolute atomic E-state index is 13.2. The number of piperidine rings is 1. The lowest BCUT2D eigenvalue weighted by Crippen LogP contribution is -2.67. The summed E-state index contributed by atoms with van der Waals surface area (Å²) in [6.45, 7) is 7.41. The third kappa shape index (κ3) is 5.69. The van der Waals surface area contributed by atoms with E-state index in [0.717, 1.165) is 35.2 Å². The van der Waals surface area contributed by atoms with Crippen molar-refractivity contribution in [3.63, 3.8) is 0 Å². The van der Waals surface area contributed by atoms with Crippen molar-refractivity contribution in [2.45, 2.75) is 51.9 Å². The van der Waals surface area contributed by atoms with E-state index in [9.17, 15) is 8.42 Å². The number of hydrogen-bond donors (Lipinski definition) is 1. The number of likely N-dealkylation sites (N-methyl/N-ethyl adjacent to an activating group) is 1. The van der Waals surface area contributed by atoms with Gasteiger partial charge in [-0.1, -0.05) is 45.9 Å². The first kappa shape index (κ1) is 25.8. The second-order valence-corrected chi connectivity index (χ2v) is 11.2. The zero-order valence-corrected chi connectivity index (χ0v) is 22.4. The van der Waals surface area contributed by atoms with Crippen LogP contribution in [-0.4, -0.2) is 74.2 Å². The van der Waals surface area contributed by atoms with Crippen LogP contribution in [0.25, 0.3) is 0 Å². The second-order valence-electron chi connectivity index (χ2n) is 9.68. The minimum atomic E-state index is -4.10. The molecule has 11 heteroatoms. The molecule has 0 saturated carbocycles. The molecule has 1 fully saturated rings. The summed E-state index contributed by atoms with van der Waals surface area (Å²) in [7, 11) is -2.36. The molecule has 37 heavy (non-hydrogen) atoms. The Hall–Kier alpha value is -2.86. The van der Waals surface area contributed by atoms with Crippen LogP contribution in [0.5, 0.6) is 17.2 Å². The summed E-state index contributed by atoms with van der Waals surface area (Å²) >= 11 is 0. The maximum Gasteiger partial charge on any atom is 0.341 e. The number of benzene rings is 2. The fourth-order valence-electron chi connectivity index (χ4n) is 4.90. The van der Waals surface area contributed by atoms with Gasteiger partial charge in [0.05, 0.1) is 0 Å². The molecular weight excluding hydrogens is 494 g/mol. The number of nitrogens with zero attached hydrogens (tertiary/aromatic N) is 4. The van der Waals surface area contributed by atoms with Crippen LogP contribution in [0.15, 0.2) is 46.9 Å². The van der Waals surface area contributed by atoms with E-state index in [0.29, 0.717) is 23.8 Å². The molecule has 0 amide bonds. The first-order valence-electron chi connectivity index (χ1n) is 12.8. The average molecular weight is 530 g/mol. The molecule has 2 unspecified atom stereocenters. The van der Waals surface area contributed by atoms with Crippen molar-refractivity contribution in [2.75, 3.05) is 33.3 Å². The quantitative estimate of drug-likeness (QED) is 0.611. The number of ether oxygens (including phenoxy) is 3. The van der Waals surface area contributed by atoms with Crippen LogP contribution in [-0.2, 0) is 16.8 Å². The van der Waals surface area contributed by atoms with Gasteiger partial charge in [-0.25, -0.2) is 5.43 Å². The Balaban J connectivity index is 1.40. The molecule has 200 valence electrons. The molecule has 3 heterocycles. The van der Waals surface area contributed by atoms with Crippen molar-refractivity contribution in [2.24, 2.45) is 4.40 Å². The summed E-state index contributed by atoms with van der Waals surface area (Å²) in [4.78, 5) is 4.12. The molecule has 2 atom stereocenters. The minimum Gasteiger partial charge on any atom is -0.486 e. The van der Waals surface area contributed by atoms with E-state index in [1.54, 1.807) is 24.1 Å². The van der Waals surface area contributed by atoms with Crippen molar-refractivity contribution < 1.29 is 22.6 Å². The van der Waals surface area contributed by atoms with E-state index >= 15 is 0 Å². The highest BCUT2D eigenvalue weighted by Crippen LogP contribution is 2.36. The third-order valence-electron chi connectivity index (χ3n) is 6.80. The van der Waals surface area contributed by atoms with E-state index in [-0.39, 0.29) is 12.6 Å². The van der Waals surface area contributed by atoms with Crippen LogP contribution in [0.4, 0.5) is 0 Å². The van der Waals surface area contributed by atoms with Gasteiger partial charge in [0.25, 0.3) is 0 Å². The number of aryl methyl sites for hydroxylation is 1. The Kier molecular flexibility index (Phi) is 7.57. The van der Waals surface area contributed by atoms with Crippen LogP contribution >= 0.6 is 0 Å². The largest absolute Gasteiger partial charge is 0.486 e. The van der Waals surface area contributed by atoms with Gasteiger partial charge >= 0.3 is 16.2 Å². The van der Waals surface area contributed by atoms with Gasteiger partial charge in [0.1, 0.15) is 12.4 Å². The topological polar surface area (TPSA) is 95.9 Å². The average Bonchev–Trinajstić information content (AvgIpc) is 2.89. The summed E-state index contributed by atoms with van der Waals surface area (Å²) in [5.74, 6) is 1.76. The lowest BCUT2D eigenvalue weighted by molar-refractivity contribution is -0.0217. The normalized spacial score (nSPS) is 24.0. The molecule has 0 aromatic heterocycles. The number of nitrogens with one attached hydrogen (secondary N) is 1. The van der Waals surface area contributed by atoms with Crippen LogP contribution in [0.1, 0.15) is 37.3 Å². The molecule has 0 bridgehead atoms. The highest BCUT2D eigenvalue weighted by atomic mass is 32.2. The van der Waals surface area contributed by atoms with Gasteiger partial charge in [0.2, 0.25) is 0 Å². The molecule has 1 saturated heterocycles. The number of likely N-dealkylation sites (tertiary alicyclic amines) is 1. The number of hydrogen-bond acceptors (Lipinski definition) is 8. The van der Waals surface area contributed by atoms with Gasteiger partial charge in [-0.05, 0) is 62.7 Å². The van der Waals surface area contributed by atoms with Crippen molar-refractivity contribution in [1.82, 2.24) is 19.6 Å². The first-order valence-corrected chi connectivity index (χ1v) is 14.2. The first-order chi connectivity index (χ1) is 17.8. The van der Waals surface area contributed by atoms with E-state index in [1.165, 1.54) is 19.3 Å². The Morgan fingerprint density at radius 2 is 1.84 bits per heavy atom. The van der Waals surface area contributed by atoms with E-state index in [2.05, 4.69) is 20.8 Å². The van der Waals surface area contributed by atoms with Gasteiger partial charge in [-0.2, -0.15) is 8.42 Å². The fraction of sp³-hybridized carbons (Fsp3) is 0.500. The Morgan fingerprint density at radius 1 is 1.08 bits per heavy atom. The molecule has 3 aliphatic rings. The second kappa shape index (κ2) is 10.9. The Labute approximate surface area is 219 Å². The maximum atomic E-state index is 13.2. The van der Waals surface area contributed by atoms with Crippen molar-refractivity contribution >= 4 is 16.2 Å². The summed E-state index contributed by atoms with van der Waals surface area (Å²) < 4.78 is 49.9. The Bertz CT molecular complexity index is 1230. The lowest BCUT2D eigenvalue weighted by Gasteiger charge is -2.44. The van der Waals surface area contributed by atoms with E-state index in [4.69, 9.17) is 14.2 Å². The summed E-state index contributed by atoms with van der Waals surface area (Å²) in [6, 6.07) is 13.3. The molecule has 3 aliphatic heterocycles. The highest BCUT2D eigenvalue weighted by Gasteiger charge is 2.47. The van der Waals surface area contributed by atoms with E-state index in [1.807, 2.05) is 38.1 Å². The SMILES string of the molecule is CCNN1C(C2COc3ccc(CN4CCCCC4)cc3O2)N(C)C(Oc2ccc(C)cc2)=NS1(=O)=O. The predicted molar refractivity (Wildman–Crippen MR) is 141 cm³/mol. The zero-order valence-electron chi connectivity index (χ0n) is 21.6. The molecule has 0 aliphatic carbocycles. The fourth-order valence-corrected chi connectivity index (χ4v) is 6.20. The zero-order chi connectivity index (χ0) is 26.0. The van der Waals surface area contributed by atoms with Crippen molar-refractivity contribution in [1.29, 1.82) is 0 Å². The molecule has 2 aromatic carbocycles. The summed E-state index contributed by atoms with van der Waals surface area (Å²) in [6.07, 6.45) is 2.32. The highest BCUT2D eigenvalue weighted by molar-refractivity contribution is 7.88. The molecule has 0 radical (unpaired) electrons. The van der Waals surface area contributed by atoms with Crippen LogP contribution in [0.3, 0.4) is 0 Å². The number of fused-ring (bicyclic) bond motifs is 1. The smallest absolute Gasteiger partial charge is 0.341 e. The molecule has 1 N–H and O–H groups in total. The van der Waals surface area contributed by atoms with Crippen LogP contribution < -0.4 is 19.6 Å². The molecule has 5 rings (SSSR count). The Morgan fingerprint density at radius 3 is 2.57 bits per heavy atom. The minimum absolute atomic E-state index is 0.0312. The lowest BCUT2D eigenvalue weighted by atomic mass is 10.1. The van der Waals surface area contributed by atoms with Crippen LogP contribution in [0, 0.1) is 6.92 Å². The number of rotatable bonds is 6. The molecule has 10 nitrogen and oxygen atoms in total. The van der Waals surface area contributed by atoms with E-state index < -0.39 is 22.5 Å². The summed E-state index contributed by atoms with van der Waals surface area (Å²) in [5.41, 5.74) is 5.15. The number of hydrazine groups is 1. The predicted octanol–water partition coefficient (Wildman–Crippen LogP) is 2.90. The number of amidine groups is 1. The van der Waals surface area contributed by atoms with Gasteiger partial charge in [0, 0.05) is 20.1 Å². The van der Waals surface area contributed by atoms with Crippen LogP contribution in [0.2, 0.25) is 0 Å². The molecule has 0 spiro atoms. The van der Waals surface area contributed by atoms with Gasteiger partial charge in [-0.3, -0.25) is 4.90 Å². The standard InChI is InChI=1S/C26H35N5O5S/c1-4-27-31-25(29(3)26(28-37(31,32)33)35-21-11-8-19(2)9-12-21)24-18-34-22-13-10-20(16-23(22)36-24)17-30-14-6-5-7-15-30/h8-13,16,24-25,27H,4-7,14-15,17-18H2,1-3H3.